The van der Waals surface area contributed by atoms with E-state index in [2.05, 4.69) is 20.5 Å². The van der Waals surface area contributed by atoms with Crippen LogP contribution in [-0.4, -0.2) is 61.7 Å². The number of benzene rings is 2. The van der Waals surface area contributed by atoms with Gasteiger partial charge >= 0.3 is 0 Å². The van der Waals surface area contributed by atoms with Crippen molar-refractivity contribution in [3.05, 3.63) is 41.8 Å². The molecule has 1 fully saturated rings. The summed E-state index contributed by atoms with van der Waals surface area (Å²) in [5.74, 6) is 1.99. The SMILES string of the molecule is COc1cc(Nc2nc(N)c(-c3nc(-c4cccc(NC(=O)CCN5CCCCC5)c4)cs3)s2)cc(OC)c1OC. The van der Waals surface area contributed by atoms with Crippen LogP contribution in [0.5, 0.6) is 17.2 Å². The molecule has 0 unspecified atom stereocenters. The van der Waals surface area contributed by atoms with E-state index in [0.29, 0.717) is 34.6 Å². The van der Waals surface area contributed by atoms with Crippen molar-refractivity contribution in [2.75, 3.05) is 57.3 Å². The maximum Gasteiger partial charge on any atom is 0.225 e. The number of likely N-dealkylation sites (tertiary alicyclic amines) is 1. The van der Waals surface area contributed by atoms with Crippen molar-refractivity contribution < 1.29 is 19.0 Å². The van der Waals surface area contributed by atoms with Crippen LogP contribution in [0.1, 0.15) is 25.7 Å². The van der Waals surface area contributed by atoms with E-state index in [9.17, 15) is 4.79 Å². The van der Waals surface area contributed by atoms with Gasteiger partial charge in [0.2, 0.25) is 11.7 Å². The Morgan fingerprint density at radius 3 is 2.46 bits per heavy atom. The number of ether oxygens (including phenoxy) is 3. The molecule has 0 spiro atoms. The fraction of sp³-hybridized carbons (Fsp3) is 0.345. The van der Waals surface area contributed by atoms with Crippen LogP contribution in [0.3, 0.4) is 0 Å². The third kappa shape index (κ3) is 6.89. The van der Waals surface area contributed by atoms with E-state index in [4.69, 9.17) is 24.9 Å². The number of carbonyl (C=O) groups excluding carboxylic acids is 1. The van der Waals surface area contributed by atoms with E-state index in [1.54, 1.807) is 33.5 Å². The van der Waals surface area contributed by atoms with E-state index in [1.807, 2.05) is 29.6 Å². The fourth-order valence-electron chi connectivity index (χ4n) is 4.75. The van der Waals surface area contributed by atoms with Crippen LogP contribution in [0.2, 0.25) is 0 Å². The van der Waals surface area contributed by atoms with Crippen molar-refractivity contribution in [1.82, 2.24) is 14.9 Å². The number of methoxy groups -OCH3 is 3. The van der Waals surface area contributed by atoms with E-state index >= 15 is 0 Å². The Hall–Kier alpha value is -3.87. The van der Waals surface area contributed by atoms with E-state index in [0.717, 1.165) is 52.2 Å². The van der Waals surface area contributed by atoms with Crippen molar-refractivity contribution in [2.45, 2.75) is 25.7 Å². The minimum Gasteiger partial charge on any atom is -0.493 e. The lowest BCUT2D eigenvalue weighted by atomic mass is 10.1. The van der Waals surface area contributed by atoms with Crippen molar-refractivity contribution >= 4 is 50.9 Å². The summed E-state index contributed by atoms with van der Waals surface area (Å²) in [6.07, 6.45) is 4.22. The Bertz CT molecular complexity index is 1470. The number of hydrogen-bond donors (Lipinski definition) is 3. The predicted octanol–water partition coefficient (Wildman–Crippen LogP) is 6.10. The van der Waals surface area contributed by atoms with Gasteiger partial charge in [-0.15, -0.1) is 11.3 Å². The van der Waals surface area contributed by atoms with Gasteiger partial charge < -0.3 is 35.5 Å². The summed E-state index contributed by atoms with van der Waals surface area (Å²) in [5.41, 5.74) is 9.50. The minimum atomic E-state index is 0.0243. The van der Waals surface area contributed by atoms with Gasteiger partial charge in [0.25, 0.3) is 0 Å². The molecule has 10 nitrogen and oxygen atoms in total. The molecule has 0 atom stereocenters. The number of hydrogen-bond acceptors (Lipinski definition) is 11. The van der Waals surface area contributed by atoms with Crippen LogP contribution in [0, 0.1) is 0 Å². The molecule has 0 aliphatic carbocycles. The Labute approximate surface area is 247 Å². The van der Waals surface area contributed by atoms with Crippen molar-refractivity contribution in [2.24, 2.45) is 0 Å². The quantitative estimate of drug-likeness (QED) is 0.189. The number of rotatable bonds is 11. The predicted molar refractivity (Wildman–Crippen MR) is 166 cm³/mol. The number of nitrogens with one attached hydrogen (secondary N) is 2. The zero-order chi connectivity index (χ0) is 28.8. The summed E-state index contributed by atoms with van der Waals surface area (Å²) in [6.45, 7) is 2.97. The second kappa shape index (κ2) is 13.2. The Morgan fingerprint density at radius 1 is 1.00 bits per heavy atom. The van der Waals surface area contributed by atoms with Gasteiger partial charge in [0.1, 0.15) is 15.7 Å². The zero-order valence-corrected chi connectivity index (χ0v) is 25.0. The topological polar surface area (TPSA) is 124 Å². The second-order valence-corrected chi connectivity index (χ2v) is 11.4. The van der Waals surface area contributed by atoms with E-state index < -0.39 is 0 Å². The summed E-state index contributed by atoms with van der Waals surface area (Å²) in [5, 5.41) is 9.67. The van der Waals surface area contributed by atoms with Gasteiger partial charge in [0.05, 0.1) is 27.0 Å². The molecule has 216 valence electrons. The highest BCUT2D eigenvalue weighted by atomic mass is 32.1. The van der Waals surface area contributed by atoms with Gasteiger partial charge in [-0.1, -0.05) is 29.9 Å². The molecule has 1 amide bonds. The average molecular weight is 595 g/mol. The van der Waals surface area contributed by atoms with Crippen molar-refractivity contribution in [1.29, 1.82) is 0 Å². The Kier molecular flexibility index (Phi) is 9.22. The molecule has 0 bridgehead atoms. The number of thiazole rings is 2. The van der Waals surface area contributed by atoms with Crippen LogP contribution in [0.15, 0.2) is 41.8 Å². The molecule has 2 aromatic carbocycles. The number of anilines is 4. The Morgan fingerprint density at radius 2 is 1.76 bits per heavy atom. The lowest BCUT2D eigenvalue weighted by molar-refractivity contribution is -0.116. The minimum absolute atomic E-state index is 0.0243. The first kappa shape index (κ1) is 28.7. The van der Waals surface area contributed by atoms with Crippen LogP contribution >= 0.6 is 22.7 Å². The molecule has 0 saturated carbocycles. The molecule has 12 heteroatoms. The number of nitrogen functional groups attached to an aromatic ring is 1. The molecule has 5 rings (SSSR count). The number of amides is 1. The third-order valence-electron chi connectivity index (χ3n) is 6.81. The molecule has 41 heavy (non-hydrogen) atoms. The maximum absolute atomic E-state index is 12.6. The van der Waals surface area contributed by atoms with Crippen LogP contribution < -0.4 is 30.6 Å². The smallest absolute Gasteiger partial charge is 0.225 e. The molecule has 1 aliphatic heterocycles. The monoisotopic (exact) mass is 594 g/mol. The van der Waals surface area contributed by atoms with Gasteiger partial charge in [-0.05, 0) is 38.1 Å². The molecule has 4 aromatic rings. The first-order chi connectivity index (χ1) is 20.0. The molecular formula is C29H34N6O4S2. The van der Waals surface area contributed by atoms with Gasteiger partial charge in [-0.2, -0.15) is 0 Å². The highest BCUT2D eigenvalue weighted by Gasteiger charge is 2.18. The lowest BCUT2D eigenvalue weighted by Crippen LogP contribution is -2.32. The largest absolute Gasteiger partial charge is 0.493 e. The normalized spacial score (nSPS) is 13.5. The lowest BCUT2D eigenvalue weighted by Gasteiger charge is -2.25. The number of aromatic nitrogens is 2. The molecule has 4 N–H and O–H groups in total. The number of nitrogens with two attached hydrogens (primary N) is 1. The van der Waals surface area contributed by atoms with E-state index in [1.165, 1.54) is 41.9 Å². The molecule has 0 radical (unpaired) electrons. The maximum atomic E-state index is 12.6. The van der Waals surface area contributed by atoms with Crippen LogP contribution in [-0.2, 0) is 4.79 Å². The molecule has 1 aliphatic rings. The molecular weight excluding hydrogens is 560 g/mol. The number of piperidine rings is 1. The highest BCUT2D eigenvalue weighted by Crippen LogP contribution is 2.43. The standard InChI is InChI=1S/C29H34N6O4S2/c1-37-22-15-20(16-23(38-2)25(22)39-3)32-29-34-27(30)26(41-29)28-33-21(17-40-28)18-8-7-9-19(14-18)31-24(36)10-13-35-11-5-4-6-12-35/h7-9,14-17H,4-6,10-13,30H2,1-3H3,(H,31,36)(H,32,34). The number of nitrogens with zero attached hydrogens (tertiary/aromatic N) is 3. The highest BCUT2D eigenvalue weighted by molar-refractivity contribution is 7.23. The van der Waals surface area contributed by atoms with Crippen LogP contribution in [0.25, 0.3) is 21.1 Å². The van der Waals surface area contributed by atoms with Crippen molar-refractivity contribution in [3.63, 3.8) is 0 Å². The molecule has 2 aromatic heterocycles. The summed E-state index contributed by atoms with van der Waals surface area (Å²) in [4.78, 5) is 25.1. The molecule has 1 saturated heterocycles. The van der Waals surface area contributed by atoms with Gasteiger partial charge in [0.15, 0.2) is 16.6 Å². The summed E-state index contributed by atoms with van der Waals surface area (Å²) in [7, 11) is 4.70. The van der Waals surface area contributed by atoms with E-state index in [-0.39, 0.29) is 5.91 Å². The van der Waals surface area contributed by atoms with Gasteiger partial charge in [0, 0.05) is 47.4 Å². The fourth-order valence-corrected chi connectivity index (χ4v) is 6.58. The average Bonchev–Trinajstić information content (AvgIpc) is 3.62. The Balaban J connectivity index is 1.27. The second-order valence-electron chi connectivity index (χ2n) is 9.59. The zero-order valence-electron chi connectivity index (χ0n) is 23.4. The summed E-state index contributed by atoms with van der Waals surface area (Å²) in [6, 6.07) is 11.4. The number of carbonyl (C=O) groups is 1. The van der Waals surface area contributed by atoms with Crippen molar-refractivity contribution in [3.8, 4) is 38.4 Å². The van der Waals surface area contributed by atoms with Gasteiger partial charge in [-0.3, -0.25) is 4.79 Å². The summed E-state index contributed by atoms with van der Waals surface area (Å²) >= 11 is 2.90. The molecule has 3 heterocycles. The first-order valence-corrected chi connectivity index (χ1v) is 15.1. The van der Waals surface area contributed by atoms with Crippen LogP contribution in [0.4, 0.5) is 22.3 Å². The third-order valence-corrected chi connectivity index (χ3v) is 8.80. The van der Waals surface area contributed by atoms with Gasteiger partial charge in [-0.25, -0.2) is 9.97 Å². The summed E-state index contributed by atoms with van der Waals surface area (Å²) < 4.78 is 16.3. The first-order valence-electron chi connectivity index (χ1n) is 13.4.